The zero-order valence-electron chi connectivity index (χ0n) is 10.7. The predicted molar refractivity (Wildman–Crippen MR) is 81.7 cm³/mol. The normalized spacial score (nSPS) is 13.6. The fraction of sp³-hybridized carbons (Fsp3) is 0.500. The van der Waals surface area contributed by atoms with Gasteiger partial charge in [-0.25, -0.2) is 13.1 Å². The molecule has 1 rings (SSSR count). The van der Waals surface area contributed by atoms with Gasteiger partial charge in [0.1, 0.15) is 0 Å². The third-order valence-electron chi connectivity index (χ3n) is 2.37. The Morgan fingerprint density at radius 1 is 1.44 bits per heavy atom. The molecule has 0 aliphatic heterocycles. The van der Waals surface area contributed by atoms with Gasteiger partial charge in [-0.3, -0.25) is 0 Å². The summed E-state index contributed by atoms with van der Waals surface area (Å²) >= 11 is 5.02. The molecule has 0 heterocycles. The lowest BCUT2D eigenvalue weighted by Crippen LogP contribution is -2.34. The first-order valence-corrected chi connectivity index (χ1v) is 9.16. The van der Waals surface area contributed by atoms with Crippen LogP contribution in [0.5, 0.6) is 0 Å². The molecule has 0 saturated carbocycles. The minimum atomic E-state index is -3.44. The number of thioether (sulfide) groups is 1. The van der Waals surface area contributed by atoms with Gasteiger partial charge in [0.25, 0.3) is 0 Å². The van der Waals surface area contributed by atoms with Crippen molar-refractivity contribution in [1.29, 1.82) is 0 Å². The average molecular weight is 352 g/mol. The average Bonchev–Trinajstić information content (AvgIpc) is 2.29. The van der Waals surface area contributed by atoms with Gasteiger partial charge in [-0.05, 0) is 37.3 Å². The molecule has 0 aliphatic carbocycles. The quantitative estimate of drug-likeness (QED) is 0.855. The van der Waals surface area contributed by atoms with Crippen molar-refractivity contribution >= 4 is 37.7 Å². The van der Waals surface area contributed by atoms with E-state index in [0.29, 0.717) is 4.90 Å². The Morgan fingerprint density at radius 2 is 2.11 bits per heavy atom. The summed E-state index contributed by atoms with van der Waals surface area (Å²) in [6.07, 6.45) is 0. The van der Waals surface area contributed by atoms with Gasteiger partial charge < -0.3 is 0 Å². The van der Waals surface area contributed by atoms with Crippen molar-refractivity contribution < 1.29 is 8.42 Å². The van der Waals surface area contributed by atoms with E-state index in [0.717, 1.165) is 21.5 Å². The van der Waals surface area contributed by atoms with Crippen LogP contribution in [0.25, 0.3) is 0 Å². The summed E-state index contributed by atoms with van der Waals surface area (Å²) in [6.45, 7) is 5.74. The second kappa shape index (κ2) is 6.93. The minimum absolute atomic E-state index is 0.0710. The van der Waals surface area contributed by atoms with E-state index >= 15 is 0 Å². The summed E-state index contributed by atoms with van der Waals surface area (Å²) in [5, 5.41) is 0. The van der Waals surface area contributed by atoms with Crippen molar-refractivity contribution in [3.63, 3.8) is 0 Å². The Balaban J connectivity index is 2.89. The third kappa shape index (κ3) is 4.57. The maximum Gasteiger partial charge on any atom is 0.241 e. The lowest BCUT2D eigenvalue weighted by molar-refractivity contribution is 0.570. The molecule has 102 valence electrons. The first-order chi connectivity index (χ1) is 8.36. The second-order valence-electron chi connectivity index (χ2n) is 4.09. The van der Waals surface area contributed by atoms with Gasteiger partial charge >= 0.3 is 0 Å². The molecule has 0 aromatic heterocycles. The largest absolute Gasteiger partial charge is 0.241 e. The Hall–Kier alpha value is -0.0400. The number of hydrogen-bond acceptors (Lipinski definition) is 3. The molecule has 0 saturated heterocycles. The molecule has 1 aromatic carbocycles. The summed E-state index contributed by atoms with van der Waals surface area (Å²) in [4.78, 5) is 0.338. The van der Waals surface area contributed by atoms with Gasteiger partial charge in [0, 0.05) is 16.3 Å². The first-order valence-electron chi connectivity index (χ1n) is 5.73. The molecule has 3 nitrogen and oxygen atoms in total. The molecule has 0 bridgehead atoms. The molecule has 0 fully saturated rings. The summed E-state index contributed by atoms with van der Waals surface area (Å²) in [7, 11) is -3.44. The molecule has 6 heteroatoms. The zero-order valence-corrected chi connectivity index (χ0v) is 14.0. The summed E-state index contributed by atoms with van der Waals surface area (Å²) in [6, 6.07) is 5.20. The van der Waals surface area contributed by atoms with Crippen molar-refractivity contribution in [3.8, 4) is 0 Å². The molecule has 0 aliphatic rings. The van der Waals surface area contributed by atoms with Gasteiger partial charge in [-0.15, -0.1) is 0 Å². The highest BCUT2D eigenvalue weighted by Gasteiger charge is 2.19. The van der Waals surface area contributed by atoms with E-state index in [1.165, 1.54) is 0 Å². The summed E-state index contributed by atoms with van der Waals surface area (Å²) < 4.78 is 27.9. The zero-order chi connectivity index (χ0) is 13.8. The van der Waals surface area contributed by atoms with Crippen LogP contribution in [0.1, 0.15) is 19.4 Å². The van der Waals surface area contributed by atoms with E-state index in [9.17, 15) is 8.42 Å². The highest BCUT2D eigenvalue weighted by molar-refractivity contribution is 9.10. The van der Waals surface area contributed by atoms with Crippen LogP contribution in [0.2, 0.25) is 0 Å². The van der Waals surface area contributed by atoms with Crippen molar-refractivity contribution in [2.24, 2.45) is 0 Å². The molecule has 1 atom stereocenters. The van der Waals surface area contributed by atoms with Crippen LogP contribution < -0.4 is 4.72 Å². The van der Waals surface area contributed by atoms with Crippen molar-refractivity contribution in [3.05, 3.63) is 28.2 Å². The standard InChI is InChI=1S/C12H18BrNO2S2/c1-4-17-8-10(3)14-18(15,16)12-7-11(13)6-5-9(12)2/h5-7,10,14H,4,8H2,1-3H3. The van der Waals surface area contributed by atoms with E-state index in [2.05, 4.69) is 27.6 Å². The van der Waals surface area contributed by atoms with Gasteiger partial charge in [-0.1, -0.05) is 28.9 Å². The molecule has 1 N–H and O–H groups in total. The van der Waals surface area contributed by atoms with E-state index in [4.69, 9.17) is 0 Å². The predicted octanol–water partition coefficient (Wildman–Crippen LogP) is 3.18. The highest BCUT2D eigenvalue weighted by Crippen LogP contribution is 2.20. The van der Waals surface area contributed by atoms with Crippen LogP contribution in [-0.4, -0.2) is 26.0 Å². The summed E-state index contributed by atoms with van der Waals surface area (Å²) in [5.74, 6) is 1.77. The number of hydrogen-bond donors (Lipinski definition) is 1. The van der Waals surface area contributed by atoms with Crippen molar-refractivity contribution in [1.82, 2.24) is 4.72 Å². The number of sulfonamides is 1. The molecule has 18 heavy (non-hydrogen) atoms. The third-order valence-corrected chi connectivity index (χ3v) is 5.74. The van der Waals surface area contributed by atoms with Crippen LogP contribution in [0.15, 0.2) is 27.6 Å². The van der Waals surface area contributed by atoms with Crippen LogP contribution >= 0.6 is 27.7 Å². The Bertz CT molecular complexity index is 503. The van der Waals surface area contributed by atoms with Gasteiger partial charge in [0.15, 0.2) is 0 Å². The Morgan fingerprint density at radius 3 is 2.72 bits per heavy atom. The first kappa shape index (κ1) is 16.0. The monoisotopic (exact) mass is 351 g/mol. The Labute approximate surface area is 122 Å². The molecule has 1 aromatic rings. The highest BCUT2D eigenvalue weighted by atomic mass is 79.9. The smallest absolute Gasteiger partial charge is 0.208 e. The van der Waals surface area contributed by atoms with Gasteiger partial charge in [0.2, 0.25) is 10.0 Å². The van der Waals surface area contributed by atoms with E-state index in [1.54, 1.807) is 30.8 Å². The number of benzene rings is 1. The van der Waals surface area contributed by atoms with E-state index < -0.39 is 10.0 Å². The number of halogens is 1. The summed E-state index contributed by atoms with van der Waals surface area (Å²) in [5.41, 5.74) is 0.751. The molecule has 0 spiro atoms. The van der Waals surface area contributed by atoms with Crippen LogP contribution in [-0.2, 0) is 10.0 Å². The molecule has 0 radical (unpaired) electrons. The maximum atomic E-state index is 12.2. The van der Waals surface area contributed by atoms with Gasteiger partial charge in [0.05, 0.1) is 4.90 Å². The van der Waals surface area contributed by atoms with Crippen LogP contribution in [0, 0.1) is 6.92 Å². The molecular weight excluding hydrogens is 334 g/mol. The van der Waals surface area contributed by atoms with Crippen molar-refractivity contribution in [2.45, 2.75) is 31.7 Å². The number of nitrogens with one attached hydrogen (secondary N) is 1. The maximum absolute atomic E-state index is 12.2. The van der Waals surface area contributed by atoms with E-state index in [-0.39, 0.29) is 6.04 Å². The SMILES string of the molecule is CCSCC(C)NS(=O)(=O)c1cc(Br)ccc1C. The molecule has 0 amide bonds. The minimum Gasteiger partial charge on any atom is -0.208 e. The topological polar surface area (TPSA) is 46.2 Å². The Kier molecular flexibility index (Phi) is 6.17. The molecule has 1 unspecified atom stereocenters. The van der Waals surface area contributed by atoms with Crippen LogP contribution in [0.4, 0.5) is 0 Å². The van der Waals surface area contributed by atoms with Crippen LogP contribution in [0.3, 0.4) is 0 Å². The fourth-order valence-electron chi connectivity index (χ4n) is 1.52. The molecular formula is C12H18BrNO2S2. The van der Waals surface area contributed by atoms with E-state index in [1.807, 2.05) is 13.0 Å². The van der Waals surface area contributed by atoms with Crippen molar-refractivity contribution in [2.75, 3.05) is 11.5 Å². The number of aryl methyl sites for hydroxylation is 1. The number of rotatable bonds is 6. The fourth-order valence-corrected chi connectivity index (χ4v) is 4.33. The lowest BCUT2D eigenvalue weighted by atomic mass is 10.2. The van der Waals surface area contributed by atoms with Gasteiger partial charge in [-0.2, -0.15) is 11.8 Å². The lowest BCUT2D eigenvalue weighted by Gasteiger charge is -2.15. The second-order valence-corrected chi connectivity index (χ2v) is 8.01.